The van der Waals surface area contributed by atoms with Crippen molar-refractivity contribution in [2.24, 2.45) is 0 Å². The van der Waals surface area contributed by atoms with Crippen molar-refractivity contribution in [1.82, 2.24) is 5.32 Å². The summed E-state index contributed by atoms with van der Waals surface area (Å²) in [5.74, 6) is -0.238. The largest absolute Gasteiger partial charge is 0.345 e. The predicted octanol–water partition coefficient (Wildman–Crippen LogP) is 2.87. The van der Waals surface area contributed by atoms with Crippen LogP contribution in [0.25, 0.3) is 10.8 Å². The normalized spacial score (nSPS) is 13.3. The molecule has 0 fully saturated rings. The van der Waals surface area contributed by atoms with Gasteiger partial charge in [0.2, 0.25) is 0 Å². The quantitative estimate of drug-likeness (QED) is 0.703. The van der Waals surface area contributed by atoms with E-state index < -0.39 is 0 Å². The lowest BCUT2D eigenvalue weighted by atomic mass is 10.00. The Labute approximate surface area is 153 Å². The molecule has 0 radical (unpaired) electrons. The van der Waals surface area contributed by atoms with Gasteiger partial charge in [-0.05, 0) is 35.4 Å². The van der Waals surface area contributed by atoms with Gasteiger partial charge in [0.25, 0.3) is 5.91 Å². The van der Waals surface area contributed by atoms with Crippen molar-refractivity contribution < 1.29 is 14.1 Å². The molecule has 0 aliphatic heterocycles. The van der Waals surface area contributed by atoms with Crippen LogP contribution in [0.3, 0.4) is 0 Å². The lowest BCUT2D eigenvalue weighted by molar-refractivity contribution is -0.885. The van der Waals surface area contributed by atoms with Crippen LogP contribution in [0.15, 0.2) is 66.7 Å². The number of fused-ring (bicyclic) bond motifs is 1. The number of carbonyl (C=O) groups is 1. The predicted molar refractivity (Wildman–Crippen MR) is 102 cm³/mol. The van der Waals surface area contributed by atoms with Gasteiger partial charge >= 0.3 is 0 Å². The second kappa shape index (κ2) is 8.11. The van der Waals surface area contributed by atoms with Crippen LogP contribution in [0.2, 0.25) is 0 Å². The van der Waals surface area contributed by atoms with E-state index in [0.29, 0.717) is 13.1 Å². The Morgan fingerprint density at radius 3 is 2.50 bits per heavy atom. The standard InChI is InChI=1S/C22H23FN2O/c1-16(20-9-5-7-18-6-3-4-8-21(18)20)24-22(26)15-25(2)14-17-10-12-19(23)13-11-17/h3-13,16H,14-15H2,1-2H3,(H,24,26)/p+1/t16-/m0/s1. The van der Waals surface area contributed by atoms with Crippen molar-refractivity contribution in [2.75, 3.05) is 13.6 Å². The summed E-state index contributed by atoms with van der Waals surface area (Å²) in [7, 11) is 1.96. The molecular formula is C22H24FN2O+. The zero-order valence-electron chi connectivity index (χ0n) is 15.1. The fourth-order valence-electron chi connectivity index (χ4n) is 3.29. The number of hydrogen-bond donors (Lipinski definition) is 2. The van der Waals surface area contributed by atoms with Gasteiger partial charge in [-0.15, -0.1) is 0 Å². The highest BCUT2D eigenvalue weighted by atomic mass is 19.1. The molecule has 0 spiro atoms. The van der Waals surface area contributed by atoms with Crippen LogP contribution in [0, 0.1) is 5.82 Å². The van der Waals surface area contributed by atoms with Crippen LogP contribution in [-0.2, 0) is 11.3 Å². The maximum absolute atomic E-state index is 13.0. The number of quaternary nitrogens is 1. The fraction of sp³-hybridized carbons (Fsp3) is 0.227. The third-order valence-electron chi connectivity index (χ3n) is 4.55. The van der Waals surface area contributed by atoms with Crippen molar-refractivity contribution >= 4 is 16.7 Å². The number of nitrogens with one attached hydrogen (secondary N) is 2. The maximum Gasteiger partial charge on any atom is 0.275 e. The van der Waals surface area contributed by atoms with Crippen molar-refractivity contribution in [2.45, 2.75) is 19.5 Å². The molecule has 3 rings (SSSR count). The van der Waals surface area contributed by atoms with Crippen LogP contribution in [0.5, 0.6) is 0 Å². The van der Waals surface area contributed by atoms with Gasteiger partial charge in [-0.1, -0.05) is 54.6 Å². The number of amides is 1. The van der Waals surface area contributed by atoms with E-state index in [0.717, 1.165) is 21.4 Å². The van der Waals surface area contributed by atoms with E-state index >= 15 is 0 Å². The van der Waals surface area contributed by atoms with E-state index in [1.54, 1.807) is 12.1 Å². The van der Waals surface area contributed by atoms with Gasteiger partial charge in [-0.2, -0.15) is 0 Å². The van der Waals surface area contributed by atoms with Crippen LogP contribution < -0.4 is 10.2 Å². The molecule has 1 unspecified atom stereocenters. The molecule has 1 amide bonds. The van der Waals surface area contributed by atoms with Crippen LogP contribution in [0.4, 0.5) is 4.39 Å². The average Bonchev–Trinajstić information content (AvgIpc) is 2.63. The molecule has 0 heterocycles. The van der Waals surface area contributed by atoms with Gasteiger partial charge in [0.15, 0.2) is 6.54 Å². The van der Waals surface area contributed by atoms with E-state index in [1.807, 2.05) is 32.2 Å². The zero-order chi connectivity index (χ0) is 18.5. The highest BCUT2D eigenvalue weighted by molar-refractivity contribution is 5.87. The van der Waals surface area contributed by atoms with Crippen LogP contribution >= 0.6 is 0 Å². The van der Waals surface area contributed by atoms with Gasteiger partial charge in [-0.25, -0.2) is 4.39 Å². The minimum atomic E-state index is -0.243. The zero-order valence-corrected chi connectivity index (χ0v) is 15.1. The Morgan fingerprint density at radius 1 is 1.04 bits per heavy atom. The van der Waals surface area contributed by atoms with E-state index in [2.05, 4.69) is 29.6 Å². The molecule has 2 N–H and O–H groups in total. The lowest BCUT2D eigenvalue weighted by Crippen LogP contribution is -3.08. The third-order valence-corrected chi connectivity index (χ3v) is 4.55. The molecular weight excluding hydrogens is 327 g/mol. The van der Waals surface area contributed by atoms with E-state index in [9.17, 15) is 9.18 Å². The van der Waals surface area contributed by atoms with E-state index in [-0.39, 0.29) is 17.8 Å². The summed E-state index contributed by atoms with van der Waals surface area (Å²) in [4.78, 5) is 13.5. The summed E-state index contributed by atoms with van der Waals surface area (Å²) in [5.41, 5.74) is 2.13. The average molecular weight is 351 g/mol. The summed E-state index contributed by atoms with van der Waals surface area (Å²) >= 11 is 0. The molecule has 0 bridgehead atoms. The van der Waals surface area contributed by atoms with Crippen LogP contribution in [-0.4, -0.2) is 19.5 Å². The number of carbonyl (C=O) groups excluding carboxylic acids is 1. The molecule has 0 aliphatic carbocycles. The summed E-state index contributed by atoms with van der Waals surface area (Å²) in [5, 5.41) is 5.43. The SMILES string of the molecule is C[C@H](NC(=O)C[NH+](C)Cc1ccc(F)cc1)c1cccc2ccccc12. The fourth-order valence-corrected chi connectivity index (χ4v) is 3.29. The van der Waals surface area contributed by atoms with Crippen molar-refractivity contribution in [3.05, 3.63) is 83.7 Å². The summed E-state index contributed by atoms with van der Waals surface area (Å²) < 4.78 is 13.0. The van der Waals surface area contributed by atoms with Gasteiger partial charge in [0.05, 0.1) is 13.1 Å². The monoisotopic (exact) mass is 351 g/mol. The minimum Gasteiger partial charge on any atom is -0.345 e. The Bertz CT molecular complexity index is 887. The first-order chi connectivity index (χ1) is 12.5. The van der Waals surface area contributed by atoms with Gasteiger partial charge in [0, 0.05) is 5.56 Å². The van der Waals surface area contributed by atoms with Gasteiger partial charge in [-0.3, -0.25) is 4.79 Å². The molecule has 3 nitrogen and oxygen atoms in total. The first-order valence-electron chi connectivity index (χ1n) is 8.85. The molecule has 2 atom stereocenters. The smallest absolute Gasteiger partial charge is 0.275 e. The number of likely N-dealkylation sites (N-methyl/N-ethyl adjacent to an activating group) is 1. The molecule has 0 aliphatic rings. The van der Waals surface area contributed by atoms with Crippen molar-refractivity contribution in [3.63, 3.8) is 0 Å². The topological polar surface area (TPSA) is 33.5 Å². The summed E-state index contributed by atoms with van der Waals surface area (Å²) in [6.45, 7) is 3.05. The summed E-state index contributed by atoms with van der Waals surface area (Å²) in [6, 6.07) is 20.7. The molecule has 4 heteroatoms. The van der Waals surface area contributed by atoms with Gasteiger partial charge in [0.1, 0.15) is 12.4 Å². The molecule has 3 aromatic carbocycles. The first kappa shape index (κ1) is 18.1. The number of benzene rings is 3. The molecule has 0 saturated heterocycles. The minimum absolute atomic E-state index is 0.00467. The second-order valence-electron chi connectivity index (χ2n) is 6.79. The Kier molecular flexibility index (Phi) is 5.64. The first-order valence-corrected chi connectivity index (χ1v) is 8.85. The summed E-state index contributed by atoms with van der Waals surface area (Å²) in [6.07, 6.45) is 0. The maximum atomic E-state index is 13.0. The van der Waals surface area contributed by atoms with Gasteiger partial charge < -0.3 is 10.2 Å². The van der Waals surface area contributed by atoms with Crippen LogP contribution in [0.1, 0.15) is 24.1 Å². The molecule has 0 aromatic heterocycles. The third kappa shape index (κ3) is 4.46. The van der Waals surface area contributed by atoms with E-state index in [1.165, 1.54) is 17.5 Å². The number of rotatable bonds is 6. The Morgan fingerprint density at radius 2 is 1.73 bits per heavy atom. The molecule has 0 saturated carbocycles. The molecule has 134 valence electrons. The number of hydrogen-bond acceptors (Lipinski definition) is 1. The molecule has 3 aromatic rings. The Balaban J connectivity index is 1.61. The van der Waals surface area contributed by atoms with Crippen molar-refractivity contribution in [1.29, 1.82) is 0 Å². The van der Waals surface area contributed by atoms with Crippen molar-refractivity contribution in [3.8, 4) is 0 Å². The second-order valence-corrected chi connectivity index (χ2v) is 6.79. The van der Waals surface area contributed by atoms with E-state index in [4.69, 9.17) is 0 Å². The highest BCUT2D eigenvalue weighted by Crippen LogP contribution is 2.23. The molecule has 26 heavy (non-hydrogen) atoms. The Hall–Kier alpha value is -2.72. The lowest BCUT2D eigenvalue weighted by Gasteiger charge is -2.19. The highest BCUT2D eigenvalue weighted by Gasteiger charge is 2.15. The number of halogens is 1.